The number of aromatic nitrogens is 6. The Morgan fingerprint density at radius 1 is 1.21 bits per heavy atom. The summed E-state index contributed by atoms with van der Waals surface area (Å²) in [6.07, 6.45) is 2.88. The molecule has 4 heterocycles. The summed E-state index contributed by atoms with van der Waals surface area (Å²) in [5.74, 6) is 1.57. The molecule has 0 spiro atoms. The van der Waals surface area contributed by atoms with Gasteiger partial charge in [-0.2, -0.15) is 0 Å². The van der Waals surface area contributed by atoms with Gasteiger partial charge in [0, 0.05) is 25.0 Å². The molecule has 12 nitrogen and oxygen atoms in total. The van der Waals surface area contributed by atoms with Crippen molar-refractivity contribution < 1.29 is 19.7 Å². The number of aromatic amines is 1. The number of fused-ring (bicyclic) bond motifs is 2. The van der Waals surface area contributed by atoms with Crippen molar-refractivity contribution in [3.05, 3.63) is 47.4 Å². The fourth-order valence-corrected chi connectivity index (χ4v) is 6.41. The second kappa shape index (κ2) is 10.7. The van der Waals surface area contributed by atoms with Gasteiger partial charge in [-0.05, 0) is 62.1 Å². The fourth-order valence-electron chi connectivity index (χ4n) is 6.41. The first-order valence-corrected chi connectivity index (χ1v) is 14.9. The molecule has 1 aromatic carbocycles. The molecule has 12 heteroatoms. The summed E-state index contributed by atoms with van der Waals surface area (Å²) in [6.45, 7) is 11.4. The van der Waals surface area contributed by atoms with Crippen LogP contribution < -0.4 is 10.5 Å². The molecule has 0 amide bonds. The summed E-state index contributed by atoms with van der Waals surface area (Å²) in [4.78, 5) is 19.1. The molecule has 6 rings (SSSR count). The van der Waals surface area contributed by atoms with E-state index in [9.17, 15) is 15.4 Å². The molecule has 5 N–H and O–H groups in total. The summed E-state index contributed by atoms with van der Waals surface area (Å²) in [7, 11) is 0. The number of H-pyrrole nitrogens is 1. The van der Waals surface area contributed by atoms with Gasteiger partial charge < -0.3 is 30.9 Å². The second-order valence-electron chi connectivity index (χ2n) is 13.3. The highest BCUT2D eigenvalue weighted by atomic mass is 16.6. The first kappa shape index (κ1) is 28.8. The Morgan fingerprint density at radius 2 is 1.98 bits per heavy atom. The zero-order chi connectivity index (χ0) is 29.9. The minimum atomic E-state index is -1.18. The Morgan fingerprint density at radius 3 is 2.69 bits per heavy atom. The SMILES string of the molecule is CC(C)N(C[C@H]1O[C@@H](n2cnc3c(N)[n+]([O-])cnc32)[C@H](O)[C@@H]1O)C1CC(CCc2nc3cc(C(C)(C)C)ccc3[nH]2)C1. The minimum absolute atomic E-state index is 0.0798. The Hall–Kier alpha value is -3.32. The van der Waals surface area contributed by atoms with Crippen molar-refractivity contribution in [2.24, 2.45) is 5.92 Å². The van der Waals surface area contributed by atoms with E-state index in [4.69, 9.17) is 15.5 Å². The number of imidazole rings is 2. The molecule has 1 aliphatic heterocycles. The summed E-state index contributed by atoms with van der Waals surface area (Å²) < 4.78 is 8.17. The number of aliphatic hydroxyl groups excluding tert-OH is 2. The molecule has 42 heavy (non-hydrogen) atoms. The van der Waals surface area contributed by atoms with E-state index in [-0.39, 0.29) is 22.8 Å². The van der Waals surface area contributed by atoms with E-state index in [2.05, 4.69) is 72.7 Å². The molecule has 4 aromatic rings. The lowest BCUT2D eigenvalue weighted by atomic mass is 9.76. The molecule has 226 valence electrons. The zero-order valence-electron chi connectivity index (χ0n) is 24.9. The Balaban J connectivity index is 1.06. The molecule has 0 bridgehead atoms. The van der Waals surface area contributed by atoms with Crippen LogP contribution in [-0.2, 0) is 16.6 Å². The maximum atomic E-state index is 11.8. The van der Waals surface area contributed by atoms with Crippen LogP contribution >= 0.6 is 0 Å². The van der Waals surface area contributed by atoms with Crippen LogP contribution in [0.4, 0.5) is 5.82 Å². The number of hydrogen-bond donors (Lipinski definition) is 4. The average Bonchev–Trinajstić information content (AvgIpc) is 3.60. The number of rotatable bonds is 8. The zero-order valence-corrected chi connectivity index (χ0v) is 24.9. The van der Waals surface area contributed by atoms with Crippen LogP contribution in [0.5, 0.6) is 0 Å². The maximum absolute atomic E-state index is 11.8. The lowest BCUT2D eigenvalue weighted by Crippen LogP contribution is -2.52. The molecule has 2 fully saturated rings. The predicted molar refractivity (Wildman–Crippen MR) is 158 cm³/mol. The highest BCUT2D eigenvalue weighted by Gasteiger charge is 2.47. The van der Waals surface area contributed by atoms with Crippen molar-refractivity contribution in [3.8, 4) is 0 Å². The van der Waals surface area contributed by atoms with Crippen molar-refractivity contribution in [2.45, 2.75) is 102 Å². The molecule has 4 atom stereocenters. The largest absolute Gasteiger partial charge is 0.740 e. The predicted octanol–water partition coefficient (Wildman–Crippen LogP) is 2.56. The maximum Gasteiger partial charge on any atom is 0.251 e. The van der Waals surface area contributed by atoms with Crippen LogP contribution in [-0.4, -0.2) is 76.6 Å². The van der Waals surface area contributed by atoms with Gasteiger partial charge >= 0.3 is 0 Å². The van der Waals surface area contributed by atoms with Crippen molar-refractivity contribution >= 4 is 28.0 Å². The third-order valence-corrected chi connectivity index (χ3v) is 9.07. The lowest BCUT2D eigenvalue weighted by Gasteiger charge is -2.46. The number of nitrogen functional groups attached to an aromatic ring is 1. The number of aliphatic hydroxyl groups is 2. The van der Waals surface area contributed by atoms with Gasteiger partial charge in [0.15, 0.2) is 11.7 Å². The van der Waals surface area contributed by atoms with Gasteiger partial charge in [0.1, 0.15) is 30.5 Å². The third kappa shape index (κ3) is 5.21. The standard InChI is InChI=1S/C30H42N8O4/c1-16(2)36(13-22-25(39)26(40)29(42-22)37-14-32-24-27(31)38(41)15-33-28(24)37)19-10-17(11-19)6-9-23-34-20-8-7-18(30(3,4)5)12-21(20)35-23/h7-8,12,14-17,19,22,25-26,29,39-40H,6,9-11,13,31H2,1-5H3,(H,34,35)/t17?,19?,22-,25-,26-,29-/m1/s1. The van der Waals surface area contributed by atoms with Crippen molar-refractivity contribution in [2.75, 3.05) is 12.3 Å². The van der Waals surface area contributed by atoms with Gasteiger partial charge in [-0.3, -0.25) is 9.47 Å². The number of nitrogens with one attached hydrogen (secondary N) is 1. The summed E-state index contributed by atoms with van der Waals surface area (Å²) >= 11 is 0. The number of nitrogens with two attached hydrogens (primary N) is 1. The van der Waals surface area contributed by atoms with E-state index in [1.54, 1.807) is 0 Å². The van der Waals surface area contributed by atoms with Crippen LogP contribution in [0.1, 0.15) is 71.5 Å². The number of ether oxygens (including phenoxy) is 1. The van der Waals surface area contributed by atoms with E-state index in [0.717, 1.165) is 48.9 Å². The minimum Gasteiger partial charge on any atom is -0.740 e. The van der Waals surface area contributed by atoms with E-state index in [1.165, 1.54) is 16.5 Å². The smallest absolute Gasteiger partial charge is 0.251 e. The topological polar surface area (TPSA) is 165 Å². The van der Waals surface area contributed by atoms with E-state index >= 15 is 0 Å². The van der Waals surface area contributed by atoms with E-state index in [0.29, 0.717) is 28.9 Å². The molecular formula is C30H42N8O4. The number of anilines is 1. The quantitative estimate of drug-likeness (QED) is 0.182. The van der Waals surface area contributed by atoms with Gasteiger partial charge in [0.05, 0.1) is 11.0 Å². The lowest BCUT2D eigenvalue weighted by molar-refractivity contribution is -0.592. The van der Waals surface area contributed by atoms with Crippen LogP contribution in [0.25, 0.3) is 22.2 Å². The molecule has 0 unspecified atom stereocenters. The van der Waals surface area contributed by atoms with Crippen LogP contribution in [0, 0.1) is 11.1 Å². The number of hydrogen-bond acceptors (Lipinski definition) is 9. The van der Waals surface area contributed by atoms with Gasteiger partial charge in [0.25, 0.3) is 5.82 Å². The molecular weight excluding hydrogens is 536 g/mol. The number of nitrogens with zero attached hydrogens (tertiary/aromatic N) is 6. The van der Waals surface area contributed by atoms with Gasteiger partial charge in [0.2, 0.25) is 12.0 Å². The molecule has 1 saturated carbocycles. The monoisotopic (exact) mass is 578 g/mol. The Labute approximate surface area is 245 Å². The van der Waals surface area contributed by atoms with Crippen molar-refractivity contribution in [1.82, 2.24) is 29.4 Å². The fraction of sp³-hybridized carbons (Fsp3) is 0.600. The van der Waals surface area contributed by atoms with Crippen molar-refractivity contribution in [3.63, 3.8) is 0 Å². The molecule has 1 saturated heterocycles. The normalized spacial score (nSPS) is 26.6. The highest BCUT2D eigenvalue weighted by Crippen LogP contribution is 2.38. The molecule has 2 aliphatic rings. The molecule has 3 aromatic heterocycles. The second-order valence-corrected chi connectivity index (χ2v) is 13.3. The highest BCUT2D eigenvalue weighted by molar-refractivity contribution is 5.79. The van der Waals surface area contributed by atoms with Crippen LogP contribution in [0.2, 0.25) is 0 Å². The first-order valence-electron chi connectivity index (χ1n) is 14.9. The van der Waals surface area contributed by atoms with E-state index in [1.807, 2.05) is 0 Å². The summed E-state index contributed by atoms with van der Waals surface area (Å²) in [5.41, 5.74) is 9.89. The number of benzene rings is 1. The van der Waals surface area contributed by atoms with Crippen LogP contribution in [0.3, 0.4) is 0 Å². The average molecular weight is 579 g/mol. The summed E-state index contributed by atoms with van der Waals surface area (Å²) in [6, 6.07) is 7.14. The van der Waals surface area contributed by atoms with Crippen molar-refractivity contribution in [1.29, 1.82) is 0 Å². The van der Waals surface area contributed by atoms with Gasteiger partial charge in [-0.1, -0.05) is 31.8 Å². The Kier molecular flexibility index (Phi) is 7.37. The first-order chi connectivity index (χ1) is 19.9. The van der Waals surface area contributed by atoms with Crippen LogP contribution in [0.15, 0.2) is 30.9 Å². The van der Waals surface area contributed by atoms with E-state index < -0.39 is 24.5 Å². The summed E-state index contributed by atoms with van der Waals surface area (Å²) in [5, 5.41) is 33.6. The molecule has 1 aliphatic carbocycles. The Bertz CT molecular complexity index is 1570. The number of aryl methyl sites for hydroxylation is 1. The van der Waals surface area contributed by atoms with Gasteiger partial charge in [-0.25, -0.2) is 14.7 Å². The molecule has 0 radical (unpaired) electrons. The van der Waals surface area contributed by atoms with Gasteiger partial charge in [-0.15, -0.1) is 0 Å². The third-order valence-electron chi connectivity index (χ3n) is 9.07.